The number of benzene rings is 1. The first-order valence-electron chi connectivity index (χ1n) is 9.06. The smallest absolute Gasteiger partial charge is 0.192 e. The third-order valence-corrected chi connectivity index (χ3v) is 5.42. The molecule has 0 aliphatic heterocycles. The highest BCUT2D eigenvalue weighted by atomic mass is 32.2. The topological polar surface area (TPSA) is 38.1 Å². The fraction of sp³-hybridized carbons (Fsp3) is 0.381. The number of thioether (sulfide) groups is 2. The average molecular weight is 386 g/mol. The maximum Gasteiger partial charge on any atom is 0.192 e. The molecule has 1 aromatic carbocycles. The van der Waals surface area contributed by atoms with Crippen LogP contribution in [0.3, 0.4) is 0 Å². The van der Waals surface area contributed by atoms with Gasteiger partial charge < -0.3 is 0 Å². The first-order valence-corrected chi connectivity index (χ1v) is 10.9. The molecule has 0 aliphatic carbocycles. The van der Waals surface area contributed by atoms with Crippen molar-refractivity contribution in [1.29, 1.82) is 0 Å². The second kappa shape index (κ2) is 11.2. The van der Waals surface area contributed by atoms with Crippen molar-refractivity contribution in [3.8, 4) is 0 Å². The van der Waals surface area contributed by atoms with Crippen molar-refractivity contribution >= 4 is 34.3 Å². The van der Waals surface area contributed by atoms with Crippen molar-refractivity contribution in [2.45, 2.75) is 52.1 Å². The SMILES string of the molecule is CCCC/C(=C\Sc1nccc(C)n1)C(=Nc1ccc(C)cc1)SCC. The molecular weight excluding hydrogens is 358 g/mol. The molecule has 3 nitrogen and oxygen atoms in total. The van der Waals surface area contributed by atoms with Gasteiger partial charge in [-0.1, -0.05) is 49.7 Å². The molecule has 0 bridgehead atoms. The van der Waals surface area contributed by atoms with Gasteiger partial charge >= 0.3 is 0 Å². The van der Waals surface area contributed by atoms with Gasteiger partial charge in [0, 0.05) is 11.9 Å². The van der Waals surface area contributed by atoms with E-state index >= 15 is 0 Å². The van der Waals surface area contributed by atoms with Gasteiger partial charge in [0.1, 0.15) is 5.04 Å². The molecule has 26 heavy (non-hydrogen) atoms. The lowest BCUT2D eigenvalue weighted by molar-refractivity contribution is 0.805. The van der Waals surface area contributed by atoms with E-state index in [2.05, 4.69) is 60.4 Å². The van der Waals surface area contributed by atoms with Gasteiger partial charge in [-0.15, -0.1) is 11.8 Å². The zero-order chi connectivity index (χ0) is 18.8. The van der Waals surface area contributed by atoms with Crippen LogP contribution in [0, 0.1) is 13.8 Å². The zero-order valence-corrected chi connectivity index (χ0v) is 17.7. The molecule has 0 fully saturated rings. The average Bonchev–Trinajstić information content (AvgIpc) is 2.63. The third kappa shape index (κ3) is 6.96. The summed E-state index contributed by atoms with van der Waals surface area (Å²) in [6.07, 6.45) is 5.15. The molecule has 0 spiro atoms. The molecule has 0 radical (unpaired) electrons. The summed E-state index contributed by atoms with van der Waals surface area (Å²) in [5.74, 6) is 1.000. The lowest BCUT2D eigenvalue weighted by Crippen LogP contribution is -1.99. The first-order chi connectivity index (χ1) is 12.6. The maximum absolute atomic E-state index is 4.93. The van der Waals surface area contributed by atoms with Crippen LogP contribution < -0.4 is 0 Å². The molecule has 0 saturated heterocycles. The Kier molecular flexibility index (Phi) is 8.92. The molecule has 0 amide bonds. The van der Waals surface area contributed by atoms with Gasteiger partial charge in [0.15, 0.2) is 5.16 Å². The number of aromatic nitrogens is 2. The number of nitrogens with zero attached hydrogens (tertiary/aromatic N) is 3. The molecule has 2 aromatic rings. The van der Waals surface area contributed by atoms with Gasteiger partial charge in [-0.25, -0.2) is 15.0 Å². The van der Waals surface area contributed by atoms with Crippen LogP contribution in [-0.4, -0.2) is 20.8 Å². The minimum Gasteiger partial charge on any atom is -0.242 e. The summed E-state index contributed by atoms with van der Waals surface area (Å²) < 4.78 is 0. The highest BCUT2D eigenvalue weighted by Gasteiger charge is 2.09. The zero-order valence-electron chi connectivity index (χ0n) is 16.0. The van der Waals surface area contributed by atoms with Crippen LogP contribution in [-0.2, 0) is 0 Å². The van der Waals surface area contributed by atoms with Crippen molar-refractivity contribution in [3.05, 3.63) is 58.8 Å². The summed E-state index contributed by atoms with van der Waals surface area (Å²) in [4.78, 5) is 13.8. The summed E-state index contributed by atoms with van der Waals surface area (Å²) >= 11 is 3.38. The Labute approximate surface area is 165 Å². The van der Waals surface area contributed by atoms with Crippen LogP contribution in [0.1, 0.15) is 44.4 Å². The van der Waals surface area contributed by atoms with Crippen molar-refractivity contribution in [2.24, 2.45) is 4.99 Å². The first kappa shape index (κ1) is 20.7. The highest BCUT2D eigenvalue weighted by Crippen LogP contribution is 2.27. The summed E-state index contributed by atoms with van der Waals surface area (Å²) in [6, 6.07) is 10.3. The van der Waals surface area contributed by atoms with E-state index in [4.69, 9.17) is 4.99 Å². The minimum atomic E-state index is 0.787. The van der Waals surface area contributed by atoms with E-state index in [-0.39, 0.29) is 0 Å². The summed E-state index contributed by atoms with van der Waals surface area (Å²) in [7, 11) is 0. The summed E-state index contributed by atoms with van der Waals surface area (Å²) in [6.45, 7) is 8.48. The van der Waals surface area contributed by atoms with Gasteiger partial charge in [0.2, 0.25) is 0 Å². The lowest BCUT2D eigenvalue weighted by Gasteiger charge is -2.10. The van der Waals surface area contributed by atoms with Crippen molar-refractivity contribution in [2.75, 3.05) is 5.75 Å². The fourth-order valence-electron chi connectivity index (χ4n) is 2.26. The van der Waals surface area contributed by atoms with Gasteiger partial charge in [0.25, 0.3) is 0 Å². The van der Waals surface area contributed by atoms with E-state index in [0.717, 1.165) is 46.6 Å². The van der Waals surface area contributed by atoms with Crippen molar-refractivity contribution in [3.63, 3.8) is 0 Å². The van der Waals surface area contributed by atoms with E-state index in [0.29, 0.717) is 0 Å². The number of aliphatic imine (C=N–C) groups is 1. The quantitative estimate of drug-likeness (QED) is 0.218. The van der Waals surface area contributed by atoms with E-state index < -0.39 is 0 Å². The van der Waals surface area contributed by atoms with Crippen LogP contribution in [0.5, 0.6) is 0 Å². The summed E-state index contributed by atoms with van der Waals surface area (Å²) in [5.41, 5.74) is 4.52. The van der Waals surface area contributed by atoms with Crippen LogP contribution in [0.4, 0.5) is 5.69 Å². The minimum absolute atomic E-state index is 0.787. The van der Waals surface area contributed by atoms with Gasteiger partial charge in [-0.3, -0.25) is 0 Å². The molecule has 0 N–H and O–H groups in total. The Hall–Kier alpha value is -1.59. The molecule has 2 rings (SSSR count). The molecule has 138 valence electrons. The standard InChI is InChI=1S/C21H27N3S2/c1-5-7-8-18(15-26-21-22-14-13-17(4)23-21)20(25-6-2)24-19-11-9-16(3)10-12-19/h9-15H,5-8H2,1-4H3/b18-15+,24-20?. The van der Waals surface area contributed by atoms with Crippen molar-refractivity contribution < 1.29 is 0 Å². The van der Waals surface area contributed by atoms with E-state index in [9.17, 15) is 0 Å². The highest BCUT2D eigenvalue weighted by molar-refractivity contribution is 8.14. The largest absolute Gasteiger partial charge is 0.242 e. The number of unbranched alkanes of at least 4 members (excludes halogenated alkanes) is 1. The number of hydrogen-bond acceptors (Lipinski definition) is 5. The molecule has 0 atom stereocenters. The fourth-order valence-corrected chi connectivity index (χ4v) is 3.92. The van der Waals surface area contributed by atoms with Crippen LogP contribution >= 0.6 is 23.5 Å². The number of rotatable bonds is 8. The second-order valence-electron chi connectivity index (χ2n) is 6.03. The van der Waals surface area contributed by atoms with Gasteiger partial charge in [-0.05, 0) is 61.6 Å². The number of hydrogen-bond donors (Lipinski definition) is 0. The Bertz CT molecular complexity index is 752. The lowest BCUT2D eigenvalue weighted by atomic mass is 10.1. The third-order valence-electron chi connectivity index (χ3n) is 3.70. The second-order valence-corrected chi connectivity index (χ2v) is 8.12. The molecule has 0 saturated carbocycles. The van der Waals surface area contributed by atoms with E-state index in [1.54, 1.807) is 23.5 Å². The normalized spacial score (nSPS) is 12.5. The number of aryl methyl sites for hydroxylation is 2. The molecule has 0 unspecified atom stereocenters. The van der Waals surface area contributed by atoms with Crippen molar-refractivity contribution in [1.82, 2.24) is 9.97 Å². The van der Waals surface area contributed by atoms with Gasteiger partial charge in [0.05, 0.1) is 5.69 Å². The monoisotopic (exact) mass is 385 g/mol. The van der Waals surface area contributed by atoms with Gasteiger partial charge in [-0.2, -0.15) is 0 Å². The van der Waals surface area contributed by atoms with Crippen LogP contribution in [0.2, 0.25) is 0 Å². The molecule has 1 heterocycles. The predicted octanol–water partition coefficient (Wildman–Crippen LogP) is 6.74. The Morgan fingerprint density at radius 1 is 1.12 bits per heavy atom. The Morgan fingerprint density at radius 2 is 1.88 bits per heavy atom. The molecule has 1 aromatic heterocycles. The summed E-state index contributed by atoms with van der Waals surface area (Å²) in [5, 5.41) is 4.07. The van der Waals surface area contributed by atoms with E-state index in [1.165, 1.54) is 11.1 Å². The molecule has 0 aliphatic rings. The van der Waals surface area contributed by atoms with Crippen LogP contribution in [0.15, 0.2) is 57.7 Å². The molecule has 5 heteroatoms. The van der Waals surface area contributed by atoms with E-state index in [1.807, 2.05) is 19.2 Å². The predicted molar refractivity (Wildman–Crippen MR) is 117 cm³/mol. The Balaban J connectivity index is 2.29. The molecular formula is C21H27N3S2. The van der Waals surface area contributed by atoms with Crippen LogP contribution in [0.25, 0.3) is 0 Å². The Morgan fingerprint density at radius 3 is 2.54 bits per heavy atom. The maximum atomic E-state index is 4.93.